The second kappa shape index (κ2) is 5.80. The number of aliphatic imine (C=N–C) groups is 2. The molecule has 0 aromatic carbocycles. The molecule has 2 saturated heterocycles. The van der Waals surface area contributed by atoms with Crippen molar-refractivity contribution in [1.29, 1.82) is 0 Å². The van der Waals surface area contributed by atoms with Crippen molar-refractivity contribution in [3.05, 3.63) is 12.8 Å². The van der Waals surface area contributed by atoms with Gasteiger partial charge in [-0.2, -0.15) is 0 Å². The van der Waals surface area contributed by atoms with Crippen LogP contribution in [0.1, 0.15) is 20.8 Å². The van der Waals surface area contributed by atoms with E-state index in [4.69, 9.17) is 0 Å². The van der Waals surface area contributed by atoms with E-state index < -0.39 is 0 Å². The molecule has 4 nitrogen and oxygen atoms in total. The lowest BCUT2D eigenvalue weighted by atomic mass is 9.75. The monoisotopic (exact) mass is 222 g/mol. The first-order valence-corrected chi connectivity index (χ1v) is 5.93. The van der Waals surface area contributed by atoms with E-state index in [0.29, 0.717) is 5.41 Å². The Morgan fingerprint density at radius 3 is 2.38 bits per heavy atom. The molecule has 2 aliphatic rings. The summed E-state index contributed by atoms with van der Waals surface area (Å²) in [5, 5.41) is 3.30. The van der Waals surface area contributed by atoms with Gasteiger partial charge in [-0.3, -0.25) is 0 Å². The molecule has 2 fully saturated rings. The fourth-order valence-corrected chi connectivity index (χ4v) is 2.00. The van der Waals surface area contributed by atoms with Crippen LogP contribution in [0.3, 0.4) is 0 Å². The third kappa shape index (κ3) is 2.50. The number of likely N-dealkylation sites (tertiary alicyclic amines) is 1. The Labute approximate surface area is 98.2 Å². The van der Waals surface area contributed by atoms with Gasteiger partial charge in [0.25, 0.3) is 0 Å². The van der Waals surface area contributed by atoms with Crippen molar-refractivity contribution >= 4 is 12.2 Å². The lowest BCUT2D eigenvalue weighted by molar-refractivity contribution is 0.00635. The van der Waals surface area contributed by atoms with Gasteiger partial charge in [-0.15, -0.1) is 0 Å². The smallest absolute Gasteiger partial charge is 0.224 e. The van der Waals surface area contributed by atoms with Crippen LogP contribution in [0.25, 0.3) is 0 Å². The molecule has 0 bridgehead atoms. The third-order valence-electron chi connectivity index (χ3n) is 2.79. The second-order valence-corrected chi connectivity index (χ2v) is 3.96. The maximum Gasteiger partial charge on any atom is 0.224 e. The van der Waals surface area contributed by atoms with Crippen molar-refractivity contribution in [2.24, 2.45) is 15.4 Å². The molecule has 0 saturated carbocycles. The zero-order chi connectivity index (χ0) is 12.0. The second-order valence-electron chi connectivity index (χ2n) is 3.96. The van der Waals surface area contributed by atoms with E-state index in [-0.39, 0.29) is 0 Å². The first-order valence-electron chi connectivity index (χ1n) is 5.93. The highest BCUT2D eigenvalue weighted by molar-refractivity contribution is 5.88. The van der Waals surface area contributed by atoms with Crippen molar-refractivity contribution in [3.63, 3.8) is 0 Å². The minimum absolute atomic E-state index is 0.519. The Hall–Kier alpha value is -1.16. The molecule has 2 aliphatic heterocycles. The van der Waals surface area contributed by atoms with E-state index in [1.807, 2.05) is 20.8 Å². The van der Waals surface area contributed by atoms with Crippen LogP contribution in [-0.2, 0) is 0 Å². The van der Waals surface area contributed by atoms with E-state index in [1.165, 1.54) is 0 Å². The highest BCUT2D eigenvalue weighted by Crippen LogP contribution is 2.34. The maximum atomic E-state index is 4.22. The summed E-state index contributed by atoms with van der Waals surface area (Å²) in [6, 6.07) is 0. The highest BCUT2D eigenvalue weighted by Gasteiger charge is 2.48. The Bertz CT molecular complexity index is 281. The minimum atomic E-state index is 0.519. The Morgan fingerprint density at radius 1 is 1.38 bits per heavy atom. The number of hydrogen-bond acceptors (Lipinski definition) is 2. The van der Waals surface area contributed by atoms with Gasteiger partial charge in [0.15, 0.2) is 0 Å². The molecule has 0 aromatic heterocycles. The Kier molecular flexibility index (Phi) is 4.68. The molecule has 2 heterocycles. The maximum absolute atomic E-state index is 4.22. The average molecular weight is 222 g/mol. The van der Waals surface area contributed by atoms with Gasteiger partial charge < -0.3 is 10.2 Å². The van der Waals surface area contributed by atoms with Gasteiger partial charge in [0.2, 0.25) is 5.96 Å². The lowest BCUT2D eigenvalue weighted by Crippen LogP contribution is -2.71. The summed E-state index contributed by atoms with van der Waals surface area (Å²) in [5.74, 6) is 0.792. The van der Waals surface area contributed by atoms with E-state index in [0.717, 1.165) is 32.1 Å². The van der Waals surface area contributed by atoms with Crippen molar-refractivity contribution in [2.75, 3.05) is 26.2 Å². The first-order chi connectivity index (χ1) is 7.79. The molecule has 90 valence electrons. The summed E-state index contributed by atoms with van der Waals surface area (Å²) in [7, 11) is 0. The number of guanidine groups is 1. The molecule has 0 aliphatic carbocycles. The van der Waals surface area contributed by atoms with E-state index in [2.05, 4.69) is 26.8 Å². The van der Waals surface area contributed by atoms with Crippen LogP contribution in [0.2, 0.25) is 0 Å². The molecule has 2 rings (SSSR count). The Balaban J connectivity index is 0.000000606. The number of hydrogen-bond donors (Lipinski definition) is 1. The zero-order valence-electron chi connectivity index (χ0n) is 10.5. The third-order valence-corrected chi connectivity index (χ3v) is 2.79. The fourth-order valence-electron chi connectivity index (χ4n) is 2.00. The molecule has 1 spiro atoms. The van der Waals surface area contributed by atoms with E-state index in [9.17, 15) is 0 Å². The summed E-state index contributed by atoms with van der Waals surface area (Å²) < 4.78 is 0. The van der Waals surface area contributed by atoms with Crippen LogP contribution in [0.5, 0.6) is 0 Å². The van der Waals surface area contributed by atoms with Gasteiger partial charge in [-0.05, 0) is 6.92 Å². The minimum Gasteiger partial charge on any atom is -0.339 e. The first kappa shape index (κ1) is 12.9. The largest absolute Gasteiger partial charge is 0.339 e. The Morgan fingerprint density at radius 2 is 2.00 bits per heavy atom. The average Bonchev–Trinajstić information content (AvgIpc) is 2.17. The van der Waals surface area contributed by atoms with E-state index in [1.54, 1.807) is 12.4 Å². The fraction of sp³-hybridized carbons (Fsp3) is 0.667. The predicted octanol–water partition coefficient (Wildman–Crippen LogP) is 1.51. The van der Waals surface area contributed by atoms with Gasteiger partial charge in [0.05, 0.1) is 0 Å². The zero-order valence-corrected chi connectivity index (χ0v) is 10.5. The molecule has 0 aromatic rings. The number of nitrogens with zero attached hydrogens (tertiary/aromatic N) is 3. The molecular weight excluding hydrogens is 200 g/mol. The molecule has 0 amide bonds. The molecule has 0 unspecified atom stereocenters. The standard InChI is InChI=1S/C10H16N4.C2H6/c1-3-12-9(13-4-2)14-7-10(8-14)5-11-6-10;1-2/h3-4,11H,1,5-8H2,2H3;1-2H3/b12-9?,13-4-;. The van der Waals surface area contributed by atoms with Gasteiger partial charge in [-0.1, -0.05) is 20.4 Å². The van der Waals surface area contributed by atoms with Crippen LogP contribution in [-0.4, -0.2) is 43.3 Å². The topological polar surface area (TPSA) is 40.0 Å². The number of nitrogens with one attached hydrogen (secondary N) is 1. The molecule has 0 radical (unpaired) electrons. The summed E-state index contributed by atoms with van der Waals surface area (Å²) in [6.45, 7) is 13.9. The van der Waals surface area contributed by atoms with Crippen LogP contribution in [0, 0.1) is 5.41 Å². The molecule has 4 heteroatoms. The highest BCUT2D eigenvalue weighted by atomic mass is 15.3. The summed E-state index contributed by atoms with van der Waals surface area (Å²) in [4.78, 5) is 10.6. The van der Waals surface area contributed by atoms with Crippen LogP contribution >= 0.6 is 0 Å². The summed E-state index contributed by atoms with van der Waals surface area (Å²) in [5.41, 5.74) is 0.519. The van der Waals surface area contributed by atoms with Gasteiger partial charge in [-0.25, -0.2) is 9.98 Å². The quantitative estimate of drug-likeness (QED) is 0.539. The summed E-state index contributed by atoms with van der Waals surface area (Å²) >= 11 is 0. The van der Waals surface area contributed by atoms with Crippen molar-refractivity contribution < 1.29 is 0 Å². The van der Waals surface area contributed by atoms with Gasteiger partial charge in [0.1, 0.15) is 0 Å². The van der Waals surface area contributed by atoms with Crippen LogP contribution in [0.15, 0.2) is 22.8 Å². The van der Waals surface area contributed by atoms with Crippen LogP contribution in [0.4, 0.5) is 0 Å². The van der Waals surface area contributed by atoms with Gasteiger partial charge in [0, 0.05) is 44.0 Å². The lowest BCUT2D eigenvalue weighted by Gasteiger charge is -2.56. The van der Waals surface area contributed by atoms with Crippen molar-refractivity contribution in [2.45, 2.75) is 20.8 Å². The molecule has 1 N–H and O–H groups in total. The van der Waals surface area contributed by atoms with E-state index >= 15 is 0 Å². The SMILES string of the molecule is C=CN=C(/N=C\C)N1CC2(CNC2)C1.CC. The summed E-state index contributed by atoms with van der Waals surface area (Å²) in [6.07, 6.45) is 3.32. The van der Waals surface area contributed by atoms with Crippen molar-refractivity contribution in [1.82, 2.24) is 10.2 Å². The van der Waals surface area contributed by atoms with Crippen molar-refractivity contribution in [3.8, 4) is 0 Å². The predicted molar refractivity (Wildman–Crippen MR) is 70.0 cm³/mol. The molecular formula is C12H22N4. The van der Waals surface area contributed by atoms with Gasteiger partial charge >= 0.3 is 0 Å². The normalized spacial score (nSPS) is 22.2. The molecule has 0 atom stereocenters. The number of rotatable bonds is 1. The molecule has 16 heavy (non-hydrogen) atoms. The van der Waals surface area contributed by atoms with Crippen LogP contribution < -0.4 is 5.32 Å².